The summed E-state index contributed by atoms with van der Waals surface area (Å²) in [5.41, 5.74) is 7.92. The van der Waals surface area contributed by atoms with Crippen molar-refractivity contribution in [1.29, 1.82) is 0 Å². The number of rotatable bonds is 3. The van der Waals surface area contributed by atoms with Gasteiger partial charge in [-0.05, 0) is 24.1 Å². The lowest BCUT2D eigenvalue weighted by atomic mass is 10.1. The highest BCUT2D eigenvalue weighted by molar-refractivity contribution is 6.31. The third kappa shape index (κ3) is 2.69. The summed E-state index contributed by atoms with van der Waals surface area (Å²) >= 11 is 6.02. The van der Waals surface area contributed by atoms with E-state index in [-0.39, 0.29) is 6.04 Å². The quantitative estimate of drug-likeness (QED) is 0.811. The van der Waals surface area contributed by atoms with Crippen molar-refractivity contribution in [2.75, 3.05) is 13.7 Å². The maximum absolute atomic E-state index is 6.02. The van der Waals surface area contributed by atoms with Crippen molar-refractivity contribution in [1.82, 2.24) is 0 Å². The molecule has 0 heterocycles. The molecule has 0 amide bonds. The van der Waals surface area contributed by atoms with Crippen LogP contribution in [-0.4, -0.2) is 13.7 Å². The average Bonchev–Trinajstić information content (AvgIpc) is 2.04. The van der Waals surface area contributed by atoms with Crippen LogP contribution in [0.15, 0.2) is 18.2 Å². The van der Waals surface area contributed by atoms with E-state index in [0.717, 1.165) is 11.1 Å². The second kappa shape index (κ2) is 4.61. The van der Waals surface area contributed by atoms with Gasteiger partial charge in [0.25, 0.3) is 0 Å². The number of methoxy groups -OCH3 is 1. The molecule has 0 aliphatic rings. The van der Waals surface area contributed by atoms with Crippen LogP contribution < -0.4 is 5.73 Å². The van der Waals surface area contributed by atoms with Crippen LogP contribution in [0.25, 0.3) is 0 Å². The van der Waals surface area contributed by atoms with Crippen molar-refractivity contribution < 1.29 is 4.74 Å². The maximum Gasteiger partial charge on any atom is 0.0656 e. The lowest BCUT2D eigenvalue weighted by Gasteiger charge is -2.12. The van der Waals surface area contributed by atoms with Crippen molar-refractivity contribution in [3.63, 3.8) is 0 Å². The highest BCUT2D eigenvalue weighted by Crippen LogP contribution is 2.22. The minimum Gasteiger partial charge on any atom is -0.383 e. The molecule has 72 valence electrons. The Morgan fingerprint density at radius 3 is 2.77 bits per heavy atom. The van der Waals surface area contributed by atoms with Gasteiger partial charge in [-0.15, -0.1) is 0 Å². The number of halogens is 1. The first-order valence-corrected chi connectivity index (χ1v) is 4.53. The molecule has 3 heteroatoms. The van der Waals surface area contributed by atoms with Gasteiger partial charge in [-0.2, -0.15) is 0 Å². The molecule has 2 nitrogen and oxygen atoms in total. The van der Waals surface area contributed by atoms with Gasteiger partial charge in [-0.1, -0.05) is 23.7 Å². The fourth-order valence-corrected chi connectivity index (χ4v) is 1.58. The Morgan fingerprint density at radius 2 is 2.23 bits per heavy atom. The first-order chi connectivity index (χ1) is 6.15. The molecule has 1 atom stereocenters. The standard InChI is InChI=1S/C10H14ClNO/c1-7-3-4-8(9(11)5-7)10(12)6-13-2/h3-5,10H,6,12H2,1-2H3/t10-/m0/s1. The number of ether oxygens (including phenoxy) is 1. The average molecular weight is 200 g/mol. The van der Waals surface area contributed by atoms with E-state index in [1.807, 2.05) is 25.1 Å². The van der Waals surface area contributed by atoms with Crippen LogP contribution in [0.5, 0.6) is 0 Å². The largest absolute Gasteiger partial charge is 0.383 e. The summed E-state index contributed by atoms with van der Waals surface area (Å²) in [4.78, 5) is 0. The van der Waals surface area contributed by atoms with Crippen LogP contribution in [0, 0.1) is 6.92 Å². The molecule has 0 saturated heterocycles. The monoisotopic (exact) mass is 199 g/mol. The number of hydrogen-bond acceptors (Lipinski definition) is 2. The SMILES string of the molecule is COC[C@H](N)c1ccc(C)cc1Cl. The molecule has 1 aromatic carbocycles. The normalized spacial score (nSPS) is 12.9. The van der Waals surface area contributed by atoms with Crippen LogP contribution in [0.3, 0.4) is 0 Å². The zero-order chi connectivity index (χ0) is 9.84. The van der Waals surface area contributed by atoms with E-state index < -0.39 is 0 Å². The number of aryl methyl sites for hydroxylation is 1. The fourth-order valence-electron chi connectivity index (χ4n) is 1.20. The van der Waals surface area contributed by atoms with Gasteiger partial charge in [0.15, 0.2) is 0 Å². The van der Waals surface area contributed by atoms with Gasteiger partial charge in [-0.3, -0.25) is 0 Å². The van der Waals surface area contributed by atoms with E-state index in [1.165, 1.54) is 0 Å². The van der Waals surface area contributed by atoms with Crippen molar-refractivity contribution in [2.24, 2.45) is 5.73 Å². The Labute approximate surface area is 83.6 Å². The van der Waals surface area contributed by atoms with E-state index in [1.54, 1.807) is 7.11 Å². The van der Waals surface area contributed by atoms with Crippen LogP contribution >= 0.6 is 11.6 Å². The van der Waals surface area contributed by atoms with Crippen molar-refractivity contribution in [2.45, 2.75) is 13.0 Å². The summed E-state index contributed by atoms with van der Waals surface area (Å²) in [5.74, 6) is 0. The molecule has 13 heavy (non-hydrogen) atoms. The molecular formula is C10H14ClNO. The summed E-state index contributed by atoms with van der Waals surface area (Å²) in [6.45, 7) is 2.49. The molecule has 0 aromatic heterocycles. The molecule has 0 aliphatic heterocycles. The van der Waals surface area contributed by atoms with Crippen LogP contribution in [0.2, 0.25) is 5.02 Å². The second-order valence-corrected chi connectivity index (χ2v) is 3.49. The van der Waals surface area contributed by atoms with Crippen molar-refractivity contribution >= 4 is 11.6 Å². The number of hydrogen-bond donors (Lipinski definition) is 1. The molecule has 1 rings (SSSR count). The zero-order valence-corrected chi connectivity index (χ0v) is 8.64. The smallest absolute Gasteiger partial charge is 0.0656 e. The predicted molar refractivity (Wildman–Crippen MR) is 55.0 cm³/mol. The van der Waals surface area contributed by atoms with Gasteiger partial charge in [-0.25, -0.2) is 0 Å². The zero-order valence-electron chi connectivity index (χ0n) is 7.88. The third-order valence-electron chi connectivity index (χ3n) is 1.90. The van der Waals surface area contributed by atoms with Crippen LogP contribution in [0.1, 0.15) is 17.2 Å². The fraction of sp³-hybridized carbons (Fsp3) is 0.400. The van der Waals surface area contributed by atoms with Crippen LogP contribution in [-0.2, 0) is 4.74 Å². The van der Waals surface area contributed by atoms with E-state index in [2.05, 4.69) is 0 Å². The summed E-state index contributed by atoms with van der Waals surface area (Å²) in [6, 6.07) is 5.71. The van der Waals surface area contributed by atoms with Gasteiger partial charge >= 0.3 is 0 Å². The van der Waals surface area contributed by atoms with Crippen molar-refractivity contribution in [3.05, 3.63) is 34.3 Å². The molecule has 1 aromatic rings. The molecule has 0 radical (unpaired) electrons. The van der Waals surface area contributed by atoms with E-state index in [0.29, 0.717) is 11.6 Å². The summed E-state index contributed by atoms with van der Waals surface area (Å²) in [6.07, 6.45) is 0. The third-order valence-corrected chi connectivity index (χ3v) is 2.23. The minimum absolute atomic E-state index is 0.141. The summed E-state index contributed by atoms with van der Waals surface area (Å²) < 4.78 is 4.96. The maximum atomic E-state index is 6.02. The Balaban J connectivity index is 2.88. The Kier molecular flexibility index (Phi) is 3.72. The molecule has 0 aliphatic carbocycles. The number of benzene rings is 1. The molecular weight excluding hydrogens is 186 g/mol. The van der Waals surface area contributed by atoms with Gasteiger partial charge in [0.2, 0.25) is 0 Å². The van der Waals surface area contributed by atoms with E-state index >= 15 is 0 Å². The van der Waals surface area contributed by atoms with E-state index in [9.17, 15) is 0 Å². The van der Waals surface area contributed by atoms with Gasteiger partial charge in [0, 0.05) is 12.1 Å². The van der Waals surface area contributed by atoms with Crippen molar-refractivity contribution in [3.8, 4) is 0 Å². The summed E-state index contributed by atoms with van der Waals surface area (Å²) in [5, 5.41) is 0.713. The predicted octanol–water partition coefficient (Wildman–Crippen LogP) is 2.29. The molecule has 0 bridgehead atoms. The molecule has 0 unspecified atom stereocenters. The number of nitrogens with two attached hydrogens (primary N) is 1. The van der Waals surface area contributed by atoms with Gasteiger partial charge < -0.3 is 10.5 Å². The highest BCUT2D eigenvalue weighted by Gasteiger charge is 2.09. The Hall–Kier alpha value is -0.570. The second-order valence-electron chi connectivity index (χ2n) is 3.09. The highest BCUT2D eigenvalue weighted by atomic mass is 35.5. The first kappa shape index (κ1) is 10.5. The van der Waals surface area contributed by atoms with Gasteiger partial charge in [0.1, 0.15) is 0 Å². The lowest BCUT2D eigenvalue weighted by Crippen LogP contribution is -2.16. The lowest BCUT2D eigenvalue weighted by molar-refractivity contribution is 0.181. The molecule has 0 saturated carbocycles. The summed E-state index contributed by atoms with van der Waals surface area (Å²) in [7, 11) is 1.63. The minimum atomic E-state index is -0.141. The van der Waals surface area contributed by atoms with Gasteiger partial charge in [0.05, 0.1) is 12.6 Å². The first-order valence-electron chi connectivity index (χ1n) is 4.15. The molecule has 0 spiro atoms. The topological polar surface area (TPSA) is 35.2 Å². The Morgan fingerprint density at radius 1 is 1.54 bits per heavy atom. The Bertz CT molecular complexity index is 288. The molecule has 2 N–H and O–H groups in total. The molecule has 0 fully saturated rings. The van der Waals surface area contributed by atoms with E-state index in [4.69, 9.17) is 22.1 Å². The van der Waals surface area contributed by atoms with Crippen LogP contribution in [0.4, 0.5) is 0 Å².